The van der Waals surface area contributed by atoms with Crippen molar-refractivity contribution in [2.75, 3.05) is 0 Å². The molecule has 18 heavy (non-hydrogen) atoms. The van der Waals surface area contributed by atoms with E-state index < -0.39 is 5.97 Å². The molecule has 0 radical (unpaired) electrons. The van der Waals surface area contributed by atoms with Crippen LogP contribution in [0.4, 0.5) is 0 Å². The molecule has 0 fully saturated rings. The zero-order chi connectivity index (χ0) is 13.1. The number of hydrogen-bond acceptors (Lipinski definition) is 2. The first-order chi connectivity index (χ1) is 8.67. The van der Waals surface area contributed by atoms with Crippen molar-refractivity contribution in [1.82, 2.24) is 4.57 Å². The summed E-state index contributed by atoms with van der Waals surface area (Å²) in [7, 11) is 0. The molecule has 0 atom stereocenters. The summed E-state index contributed by atoms with van der Waals surface area (Å²) in [6.45, 7) is 2.06. The van der Waals surface area contributed by atoms with Crippen LogP contribution in [0.15, 0.2) is 36.5 Å². The summed E-state index contributed by atoms with van der Waals surface area (Å²) >= 11 is 0. The molecule has 0 amide bonds. The lowest BCUT2D eigenvalue weighted by molar-refractivity contribution is 0.0688. The molecule has 0 spiro atoms. The van der Waals surface area contributed by atoms with Crippen molar-refractivity contribution < 1.29 is 9.90 Å². The Morgan fingerprint density at radius 3 is 2.50 bits per heavy atom. The van der Waals surface area contributed by atoms with E-state index in [9.17, 15) is 4.79 Å². The Morgan fingerprint density at radius 1 is 1.33 bits per heavy atom. The van der Waals surface area contributed by atoms with Crippen molar-refractivity contribution in [3.8, 4) is 11.8 Å². The maximum atomic E-state index is 11.2. The van der Waals surface area contributed by atoms with Crippen LogP contribution in [0.25, 0.3) is 5.69 Å². The van der Waals surface area contributed by atoms with Gasteiger partial charge in [0, 0.05) is 11.9 Å². The van der Waals surface area contributed by atoms with Gasteiger partial charge in [0.1, 0.15) is 11.8 Å². The van der Waals surface area contributed by atoms with Gasteiger partial charge >= 0.3 is 5.97 Å². The van der Waals surface area contributed by atoms with Crippen LogP contribution >= 0.6 is 0 Å². The Morgan fingerprint density at radius 2 is 2.00 bits per heavy atom. The minimum absolute atomic E-state index is 0.00162. The standard InChI is InChI=1S/C14H12N2O2/c1-2-10-3-5-12(6-4-10)16-8-7-11(9-15)13(16)14(17)18/h3-8H,2H2,1H3,(H,17,18). The molecule has 0 aliphatic carbocycles. The Bertz CT molecular complexity index is 618. The molecule has 2 aromatic rings. The van der Waals surface area contributed by atoms with Gasteiger partial charge in [-0.2, -0.15) is 5.26 Å². The molecule has 2 rings (SSSR count). The quantitative estimate of drug-likeness (QED) is 0.896. The second-order valence-corrected chi connectivity index (χ2v) is 3.88. The first-order valence-corrected chi connectivity index (χ1v) is 5.61. The van der Waals surface area contributed by atoms with Crippen molar-refractivity contribution in [2.24, 2.45) is 0 Å². The fraction of sp³-hybridized carbons (Fsp3) is 0.143. The minimum atomic E-state index is -1.10. The van der Waals surface area contributed by atoms with E-state index in [1.807, 2.05) is 30.3 Å². The summed E-state index contributed by atoms with van der Waals surface area (Å²) in [5, 5.41) is 18.0. The molecule has 4 nitrogen and oxygen atoms in total. The molecular formula is C14H12N2O2. The van der Waals surface area contributed by atoms with Gasteiger partial charge in [-0.15, -0.1) is 0 Å². The molecule has 4 heteroatoms. The van der Waals surface area contributed by atoms with Gasteiger partial charge in [0.25, 0.3) is 0 Å². The highest BCUT2D eigenvalue weighted by Gasteiger charge is 2.16. The number of aryl methyl sites for hydroxylation is 1. The molecule has 0 saturated carbocycles. The van der Waals surface area contributed by atoms with E-state index in [1.54, 1.807) is 6.20 Å². The summed E-state index contributed by atoms with van der Waals surface area (Å²) in [5.41, 5.74) is 2.10. The van der Waals surface area contributed by atoms with Crippen LogP contribution in [-0.4, -0.2) is 15.6 Å². The zero-order valence-corrected chi connectivity index (χ0v) is 9.92. The van der Waals surface area contributed by atoms with Crippen molar-refractivity contribution in [3.05, 3.63) is 53.3 Å². The molecule has 0 bridgehead atoms. The summed E-state index contributed by atoms with van der Waals surface area (Å²) in [5.74, 6) is -1.10. The molecule has 1 N–H and O–H groups in total. The predicted molar refractivity (Wildman–Crippen MR) is 66.8 cm³/mol. The van der Waals surface area contributed by atoms with E-state index >= 15 is 0 Å². The van der Waals surface area contributed by atoms with E-state index in [-0.39, 0.29) is 11.3 Å². The number of carboxylic acid groups (broad SMARTS) is 1. The van der Waals surface area contributed by atoms with Crippen LogP contribution < -0.4 is 0 Å². The van der Waals surface area contributed by atoms with Gasteiger partial charge in [-0.25, -0.2) is 4.79 Å². The van der Waals surface area contributed by atoms with Crippen LogP contribution in [0.5, 0.6) is 0 Å². The average molecular weight is 240 g/mol. The summed E-state index contributed by atoms with van der Waals surface area (Å²) in [6, 6.07) is 11.0. The van der Waals surface area contributed by atoms with Gasteiger partial charge in [-0.1, -0.05) is 19.1 Å². The Balaban J connectivity index is 2.53. The molecule has 1 aromatic carbocycles. The third kappa shape index (κ3) is 1.98. The van der Waals surface area contributed by atoms with Gasteiger partial charge < -0.3 is 9.67 Å². The van der Waals surface area contributed by atoms with Gasteiger partial charge in [0.05, 0.1) is 5.56 Å². The van der Waals surface area contributed by atoms with E-state index in [0.29, 0.717) is 0 Å². The number of hydrogen-bond donors (Lipinski definition) is 1. The second-order valence-electron chi connectivity index (χ2n) is 3.88. The monoisotopic (exact) mass is 240 g/mol. The van der Waals surface area contributed by atoms with Gasteiger partial charge in [-0.3, -0.25) is 0 Å². The van der Waals surface area contributed by atoms with Gasteiger partial charge in [0.2, 0.25) is 0 Å². The fourth-order valence-corrected chi connectivity index (χ4v) is 1.85. The molecule has 0 saturated heterocycles. The third-order valence-corrected chi connectivity index (χ3v) is 2.83. The molecule has 0 aliphatic rings. The first-order valence-electron chi connectivity index (χ1n) is 5.61. The van der Waals surface area contributed by atoms with Crippen LogP contribution in [0.3, 0.4) is 0 Å². The smallest absolute Gasteiger partial charge is 0.354 e. The number of nitriles is 1. The first kappa shape index (κ1) is 11.9. The summed E-state index contributed by atoms with van der Waals surface area (Å²) < 4.78 is 1.51. The van der Waals surface area contributed by atoms with E-state index in [2.05, 4.69) is 6.92 Å². The Labute approximate surface area is 105 Å². The van der Waals surface area contributed by atoms with Crippen LogP contribution in [0.1, 0.15) is 28.5 Å². The molecule has 0 aliphatic heterocycles. The Kier molecular flexibility index (Phi) is 3.16. The highest BCUT2D eigenvalue weighted by Crippen LogP contribution is 2.17. The SMILES string of the molecule is CCc1ccc(-n2ccc(C#N)c2C(=O)O)cc1. The largest absolute Gasteiger partial charge is 0.477 e. The van der Waals surface area contributed by atoms with Crippen molar-refractivity contribution in [1.29, 1.82) is 5.26 Å². The normalized spacial score (nSPS) is 10.0. The van der Waals surface area contributed by atoms with Crippen molar-refractivity contribution in [3.63, 3.8) is 0 Å². The van der Waals surface area contributed by atoms with Crippen LogP contribution in [0, 0.1) is 11.3 Å². The minimum Gasteiger partial charge on any atom is -0.477 e. The molecule has 1 heterocycles. The average Bonchev–Trinajstić information content (AvgIpc) is 2.82. The number of carboxylic acids is 1. The second kappa shape index (κ2) is 4.76. The third-order valence-electron chi connectivity index (χ3n) is 2.83. The maximum absolute atomic E-state index is 11.2. The number of rotatable bonds is 3. The number of aromatic nitrogens is 1. The lowest BCUT2D eigenvalue weighted by Crippen LogP contribution is -2.07. The highest BCUT2D eigenvalue weighted by atomic mass is 16.4. The summed E-state index contributed by atoms with van der Waals surface area (Å²) in [6.07, 6.45) is 2.53. The van der Waals surface area contributed by atoms with Crippen LogP contribution in [0.2, 0.25) is 0 Å². The number of benzene rings is 1. The van der Waals surface area contributed by atoms with Crippen molar-refractivity contribution >= 4 is 5.97 Å². The van der Waals surface area contributed by atoms with Crippen LogP contribution in [-0.2, 0) is 6.42 Å². The lowest BCUT2D eigenvalue weighted by atomic mass is 10.1. The van der Waals surface area contributed by atoms with E-state index in [1.165, 1.54) is 16.2 Å². The molecular weight excluding hydrogens is 228 g/mol. The number of carbonyl (C=O) groups is 1. The van der Waals surface area contributed by atoms with Crippen molar-refractivity contribution in [2.45, 2.75) is 13.3 Å². The fourth-order valence-electron chi connectivity index (χ4n) is 1.85. The molecule has 0 unspecified atom stereocenters. The van der Waals surface area contributed by atoms with E-state index in [4.69, 9.17) is 10.4 Å². The van der Waals surface area contributed by atoms with E-state index in [0.717, 1.165) is 12.1 Å². The van der Waals surface area contributed by atoms with Gasteiger partial charge in [-0.05, 0) is 30.2 Å². The lowest BCUT2D eigenvalue weighted by Gasteiger charge is -2.07. The molecule has 1 aromatic heterocycles. The Hall–Kier alpha value is -2.54. The topological polar surface area (TPSA) is 66.0 Å². The molecule has 90 valence electrons. The highest BCUT2D eigenvalue weighted by molar-refractivity contribution is 5.89. The zero-order valence-electron chi connectivity index (χ0n) is 9.92. The number of aromatic carboxylic acids is 1. The summed E-state index contributed by atoms with van der Waals surface area (Å²) in [4.78, 5) is 11.2. The predicted octanol–water partition coefficient (Wildman–Crippen LogP) is 2.61. The number of nitrogens with zero attached hydrogens (tertiary/aromatic N) is 2. The maximum Gasteiger partial charge on any atom is 0.354 e. The van der Waals surface area contributed by atoms with Gasteiger partial charge in [0.15, 0.2) is 0 Å².